The van der Waals surface area contributed by atoms with Gasteiger partial charge in [0.05, 0.1) is 28.4 Å². The lowest BCUT2D eigenvalue weighted by Gasteiger charge is -2.13. The lowest BCUT2D eigenvalue weighted by molar-refractivity contribution is -0.122. The summed E-state index contributed by atoms with van der Waals surface area (Å²) in [6, 6.07) is 11.2. The standard InChI is InChI=1S/C26H36N2O6/c1-31-21-13-9-11-19(25(21)33-3)17-27-23(29)15-7-5-6-8-16-24(30)28-18-20-12-10-14-22(32-2)26(20)34-4/h9-14H,5-8,15-18H2,1-4H3,(H,27,29)(H,28,30). The van der Waals surface area contributed by atoms with Crippen molar-refractivity contribution in [2.24, 2.45) is 0 Å². The molecule has 0 saturated heterocycles. The van der Waals surface area contributed by atoms with Crippen LogP contribution in [0.2, 0.25) is 0 Å². The van der Waals surface area contributed by atoms with Crippen LogP contribution in [0, 0.1) is 0 Å². The summed E-state index contributed by atoms with van der Waals surface area (Å²) >= 11 is 0. The molecule has 0 aliphatic carbocycles. The smallest absolute Gasteiger partial charge is 0.220 e. The van der Waals surface area contributed by atoms with Crippen molar-refractivity contribution in [1.29, 1.82) is 0 Å². The molecule has 0 saturated carbocycles. The Bertz CT molecular complexity index is 856. The van der Waals surface area contributed by atoms with E-state index in [-0.39, 0.29) is 11.8 Å². The second kappa shape index (κ2) is 14.7. The Hall–Kier alpha value is -3.42. The van der Waals surface area contributed by atoms with Crippen LogP contribution >= 0.6 is 0 Å². The largest absolute Gasteiger partial charge is 0.493 e. The van der Waals surface area contributed by atoms with E-state index in [1.165, 1.54) is 0 Å². The van der Waals surface area contributed by atoms with Crippen LogP contribution in [0.15, 0.2) is 36.4 Å². The van der Waals surface area contributed by atoms with Gasteiger partial charge in [0, 0.05) is 37.1 Å². The number of hydrogen-bond donors (Lipinski definition) is 2. The molecule has 2 aromatic rings. The Kier molecular flexibility index (Phi) is 11.6. The van der Waals surface area contributed by atoms with Gasteiger partial charge in [0.2, 0.25) is 11.8 Å². The number of ether oxygens (including phenoxy) is 4. The van der Waals surface area contributed by atoms with E-state index in [0.29, 0.717) is 48.9 Å². The Morgan fingerprint density at radius 1 is 0.618 bits per heavy atom. The zero-order valence-electron chi connectivity index (χ0n) is 20.6. The molecule has 0 heterocycles. The van der Waals surface area contributed by atoms with Crippen LogP contribution in [-0.2, 0) is 22.7 Å². The minimum Gasteiger partial charge on any atom is -0.493 e. The zero-order chi connectivity index (χ0) is 24.8. The fourth-order valence-corrected chi connectivity index (χ4v) is 3.67. The molecule has 0 fully saturated rings. The quantitative estimate of drug-likeness (QED) is 0.381. The van der Waals surface area contributed by atoms with Crippen molar-refractivity contribution in [3.63, 3.8) is 0 Å². The number of amides is 2. The van der Waals surface area contributed by atoms with Crippen LogP contribution in [0.25, 0.3) is 0 Å². The fraction of sp³-hybridized carbons (Fsp3) is 0.462. The number of rotatable bonds is 15. The van der Waals surface area contributed by atoms with E-state index in [4.69, 9.17) is 18.9 Å². The highest BCUT2D eigenvalue weighted by Gasteiger charge is 2.12. The first-order valence-electron chi connectivity index (χ1n) is 11.5. The van der Waals surface area contributed by atoms with Crippen molar-refractivity contribution in [3.05, 3.63) is 47.5 Å². The first kappa shape index (κ1) is 26.8. The summed E-state index contributed by atoms with van der Waals surface area (Å²) in [4.78, 5) is 24.3. The maximum atomic E-state index is 12.2. The summed E-state index contributed by atoms with van der Waals surface area (Å²) in [5, 5.41) is 5.85. The zero-order valence-corrected chi connectivity index (χ0v) is 20.6. The fourth-order valence-electron chi connectivity index (χ4n) is 3.67. The van der Waals surface area contributed by atoms with Gasteiger partial charge in [0.1, 0.15) is 0 Å². The molecular formula is C26H36N2O6. The van der Waals surface area contributed by atoms with Gasteiger partial charge in [-0.15, -0.1) is 0 Å². The molecule has 2 rings (SSSR count). The highest BCUT2D eigenvalue weighted by atomic mass is 16.5. The molecule has 0 bridgehead atoms. The van der Waals surface area contributed by atoms with E-state index < -0.39 is 0 Å². The minimum atomic E-state index is -0.00477. The average Bonchev–Trinajstić information content (AvgIpc) is 2.87. The molecule has 0 aromatic heterocycles. The molecule has 2 amide bonds. The van der Waals surface area contributed by atoms with Gasteiger partial charge in [0.15, 0.2) is 23.0 Å². The van der Waals surface area contributed by atoms with E-state index in [2.05, 4.69) is 10.6 Å². The van der Waals surface area contributed by atoms with Crippen molar-refractivity contribution in [3.8, 4) is 23.0 Å². The molecule has 0 atom stereocenters. The Labute approximate surface area is 201 Å². The SMILES string of the molecule is COc1cccc(CNC(=O)CCCCCCC(=O)NCc2cccc(OC)c2OC)c1OC. The molecule has 0 aliphatic rings. The predicted octanol–water partition coefficient (Wildman–Crippen LogP) is 3.99. The van der Waals surface area contributed by atoms with Crippen molar-refractivity contribution in [2.75, 3.05) is 28.4 Å². The maximum absolute atomic E-state index is 12.2. The van der Waals surface area contributed by atoms with Crippen LogP contribution in [0.1, 0.15) is 49.7 Å². The summed E-state index contributed by atoms with van der Waals surface area (Å²) in [6.07, 6.45) is 4.26. The first-order valence-corrected chi connectivity index (χ1v) is 11.5. The number of nitrogens with one attached hydrogen (secondary N) is 2. The Balaban J connectivity index is 1.60. The van der Waals surface area contributed by atoms with Crippen LogP contribution in [0.5, 0.6) is 23.0 Å². The number of benzene rings is 2. The minimum absolute atomic E-state index is 0.00477. The third-order valence-corrected chi connectivity index (χ3v) is 5.48. The molecule has 186 valence electrons. The second-order valence-electron chi connectivity index (χ2n) is 7.77. The van der Waals surface area contributed by atoms with Crippen LogP contribution < -0.4 is 29.6 Å². The lowest BCUT2D eigenvalue weighted by Crippen LogP contribution is -2.23. The molecule has 2 N–H and O–H groups in total. The van der Waals surface area contributed by atoms with Crippen molar-refractivity contribution in [2.45, 2.75) is 51.6 Å². The summed E-state index contributed by atoms with van der Waals surface area (Å²) in [6.45, 7) is 0.773. The van der Waals surface area contributed by atoms with Crippen molar-refractivity contribution >= 4 is 11.8 Å². The van der Waals surface area contributed by atoms with E-state index >= 15 is 0 Å². The molecule has 34 heavy (non-hydrogen) atoms. The van der Waals surface area contributed by atoms with Gasteiger partial charge in [-0.2, -0.15) is 0 Å². The topological polar surface area (TPSA) is 95.1 Å². The van der Waals surface area contributed by atoms with Crippen LogP contribution in [-0.4, -0.2) is 40.3 Å². The third-order valence-electron chi connectivity index (χ3n) is 5.48. The van der Waals surface area contributed by atoms with E-state index in [1.54, 1.807) is 28.4 Å². The number of hydrogen-bond acceptors (Lipinski definition) is 6. The van der Waals surface area contributed by atoms with Gasteiger partial charge in [-0.25, -0.2) is 0 Å². The summed E-state index contributed by atoms with van der Waals surface area (Å²) < 4.78 is 21.3. The highest BCUT2D eigenvalue weighted by molar-refractivity contribution is 5.76. The Morgan fingerprint density at radius 2 is 1.03 bits per heavy atom. The molecule has 0 radical (unpaired) electrons. The van der Waals surface area contributed by atoms with Gasteiger partial charge in [-0.1, -0.05) is 37.1 Å². The van der Waals surface area contributed by atoms with Gasteiger partial charge in [0.25, 0.3) is 0 Å². The van der Waals surface area contributed by atoms with Gasteiger partial charge < -0.3 is 29.6 Å². The third kappa shape index (κ3) is 8.17. The van der Waals surface area contributed by atoms with Crippen molar-refractivity contribution in [1.82, 2.24) is 10.6 Å². The van der Waals surface area contributed by atoms with Gasteiger partial charge >= 0.3 is 0 Å². The van der Waals surface area contributed by atoms with E-state index in [0.717, 1.165) is 36.8 Å². The summed E-state index contributed by atoms with van der Waals surface area (Å²) in [7, 11) is 6.33. The maximum Gasteiger partial charge on any atom is 0.220 e. The average molecular weight is 473 g/mol. The molecular weight excluding hydrogens is 436 g/mol. The normalized spacial score (nSPS) is 10.4. The first-order chi connectivity index (χ1) is 16.5. The second-order valence-corrected chi connectivity index (χ2v) is 7.77. The van der Waals surface area contributed by atoms with E-state index in [9.17, 15) is 9.59 Å². The summed E-state index contributed by atoms with van der Waals surface area (Å²) in [5.74, 6) is 2.54. The molecule has 8 heteroatoms. The molecule has 0 unspecified atom stereocenters. The van der Waals surface area contributed by atoms with Crippen LogP contribution in [0.3, 0.4) is 0 Å². The number of unbranched alkanes of at least 4 members (excludes halogenated alkanes) is 3. The molecule has 0 spiro atoms. The monoisotopic (exact) mass is 472 g/mol. The summed E-state index contributed by atoms with van der Waals surface area (Å²) in [5.41, 5.74) is 1.74. The van der Waals surface area contributed by atoms with Gasteiger partial charge in [-0.3, -0.25) is 9.59 Å². The molecule has 0 aliphatic heterocycles. The van der Waals surface area contributed by atoms with E-state index in [1.807, 2.05) is 36.4 Å². The van der Waals surface area contributed by atoms with Crippen LogP contribution in [0.4, 0.5) is 0 Å². The number of carbonyl (C=O) groups excluding carboxylic acids is 2. The lowest BCUT2D eigenvalue weighted by atomic mass is 10.1. The number of para-hydroxylation sites is 2. The van der Waals surface area contributed by atoms with Crippen molar-refractivity contribution < 1.29 is 28.5 Å². The predicted molar refractivity (Wildman–Crippen MR) is 130 cm³/mol. The molecule has 2 aromatic carbocycles. The number of carbonyl (C=O) groups is 2. The number of methoxy groups -OCH3 is 4. The highest BCUT2D eigenvalue weighted by Crippen LogP contribution is 2.31. The molecule has 8 nitrogen and oxygen atoms in total. The van der Waals surface area contributed by atoms with Gasteiger partial charge in [-0.05, 0) is 25.0 Å². The Morgan fingerprint density at radius 3 is 1.38 bits per heavy atom.